The topological polar surface area (TPSA) is 64.3 Å². The number of carbonyl (C=O) groups is 1. The van der Waals surface area contributed by atoms with Crippen LogP contribution in [-0.4, -0.2) is 19.7 Å². The zero-order valence-electron chi connectivity index (χ0n) is 8.12. The maximum absolute atomic E-state index is 10.4. The van der Waals surface area contributed by atoms with Crippen LogP contribution in [0.5, 0.6) is 5.75 Å². The van der Waals surface area contributed by atoms with Gasteiger partial charge in [0.25, 0.3) is 0 Å². The van der Waals surface area contributed by atoms with Gasteiger partial charge in [-0.1, -0.05) is 12.1 Å². The Morgan fingerprint density at radius 3 is 2.57 bits per heavy atom. The van der Waals surface area contributed by atoms with Crippen molar-refractivity contribution < 1.29 is 9.53 Å². The number of urea groups is 1. The minimum Gasteiger partial charge on any atom is -0.497 e. The van der Waals surface area contributed by atoms with Crippen molar-refractivity contribution in [2.45, 2.75) is 6.42 Å². The molecule has 0 radical (unpaired) electrons. The van der Waals surface area contributed by atoms with E-state index in [1.54, 1.807) is 7.11 Å². The first kappa shape index (κ1) is 10.4. The monoisotopic (exact) mass is 194 g/mol. The summed E-state index contributed by atoms with van der Waals surface area (Å²) < 4.78 is 5.02. The maximum Gasteiger partial charge on any atom is 0.312 e. The van der Waals surface area contributed by atoms with Crippen LogP contribution < -0.4 is 15.8 Å². The molecule has 1 aromatic carbocycles. The molecule has 0 atom stereocenters. The van der Waals surface area contributed by atoms with Crippen LogP contribution >= 0.6 is 0 Å². The lowest BCUT2D eigenvalue weighted by Gasteiger charge is -2.03. The van der Waals surface area contributed by atoms with E-state index in [0.29, 0.717) is 6.54 Å². The SMILES string of the molecule is COc1ccc(CCNC(N)=O)cc1. The third-order valence-corrected chi connectivity index (χ3v) is 1.87. The van der Waals surface area contributed by atoms with Gasteiger partial charge in [-0.25, -0.2) is 4.79 Å². The molecule has 14 heavy (non-hydrogen) atoms. The summed E-state index contributed by atoms with van der Waals surface area (Å²) in [5, 5.41) is 2.53. The molecule has 0 saturated carbocycles. The Kier molecular flexibility index (Phi) is 3.79. The van der Waals surface area contributed by atoms with Crippen LogP contribution in [-0.2, 0) is 6.42 Å². The van der Waals surface area contributed by atoms with Crippen molar-refractivity contribution in [1.29, 1.82) is 0 Å². The fourth-order valence-electron chi connectivity index (χ4n) is 1.12. The van der Waals surface area contributed by atoms with Gasteiger partial charge in [-0.3, -0.25) is 0 Å². The van der Waals surface area contributed by atoms with Gasteiger partial charge in [0.2, 0.25) is 0 Å². The minimum absolute atomic E-state index is 0.487. The fourth-order valence-corrected chi connectivity index (χ4v) is 1.12. The van der Waals surface area contributed by atoms with Crippen LogP contribution in [0.25, 0.3) is 0 Å². The Bertz CT molecular complexity index is 295. The molecule has 0 bridgehead atoms. The lowest BCUT2D eigenvalue weighted by molar-refractivity contribution is 0.249. The normalized spacial score (nSPS) is 9.50. The van der Waals surface area contributed by atoms with Crippen molar-refractivity contribution >= 4 is 6.03 Å². The molecule has 0 unspecified atom stereocenters. The van der Waals surface area contributed by atoms with Crippen molar-refractivity contribution in [3.05, 3.63) is 29.8 Å². The second-order valence-electron chi connectivity index (χ2n) is 2.89. The van der Waals surface area contributed by atoms with Gasteiger partial charge in [-0.2, -0.15) is 0 Å². The summed E-state index contributed by atoms with van der Waals surface area (Å²) in [5.41, 5.74) is 6.07. The highest BCUT2D eigenvalue weighted by atomic mass is 16.5. The second-order valence-corrected chi connectivity index (χ2v) is 2.89. The molecular weight excluding hydrogens is 180 g/mol. The first-order valence-electron chi connectivity index (χ1n) is 4.38. The Balaban J connectivity index is 2.40. The third-order valence-electron chi connectivity index (χ3n) is 1.87. The number of nitrogens with two attached hydrogens (primary N) is 1. The summed E-state index contributed by atoms with van der Waals surface area (Å²) in [7, 11) is 1.63. The summed E-state index contributed by atoms with van der Waals surface area (Å²) in [5.74, 6) is 0.830. The molecule has 0 aliphatic carbocycles. The van der Waals surface area contributed by atoms with Crippen molar-refractivity contribution in [1.82, 2.24) is 5.32 Å². The standard InChI is InChI=1S/C10H14N2O2/c1-14-9-4-2-8(3-5-9)6-7-12-10(11)13/h2-5H,6-7H2,1H3,(H3,11,12,13). The molecule has 1 rings (SSSR count). The van der Waals surface area contributed by atoms with E-state index in [4.69, 9.17) is 10.5 Å². The number of rotatable bonds is 4. The largest absolute Gasteiger partial charge is 0.497 e. The molecule has 4 nitrogen and oxygen atoms in total. The number of primary amides is 1. The fraction of sp³-hybridized carbons (Fsp3) is 0.300. The van der Waals surface area contributed by atoms with Crippen LogP contribution in [0.4, 0.5) is 4.79 Å². The minimum atomic E-state index is -0.487. The number of carbonyl (C=O) groups excluding carboxylic acids is 1. The highest BCUT2D eigenvalue weighted by Crippen LogP contribution is 2.11. The summed E-state index contributed by atoms with van der Waals surface area (Å²) in [6.07, 6.45) is 0.771. The summed E-state index contributed by atoms with van der Waals surface area (Å²) in [4.78, 5) is 10.4. The lowest BCUT2D eigenvalue weighted by Crippen LogP contribution is -2.30. The van der Waals surface area contributed by atoms with Gasteiger partial charge >= 0.3 is 6.03 Å². The molecule has 2 amide bonds. The van der Waals surface area contributed by atoms with Crippen LogP contribution in [0.1, 0.15) is 5.56 Å². The molecule has 1 aromatic rings. The zero-order chi connectivity index (χ0) is 10.4. The molecule has 76 valence electrons. The molecule has 4 heteroatoms. The molecule has 0 saturated heterocycles. The van der Waals surface area contributed by atoms with E-state index in [1.807, 2.05) is 24.3 Å². The number of hydrogen-bond acceptors (Lipinski definition) is 2. The van der Waals surface area contributed by atoms with E-state index in [-0.39, 0.29) is 0 Å². The van der Waals surface area contributed by atoms with Gasteiger partial charge in [-0.05, 0) is 24.1 Å². The smallest absolute Gasteiger partial charge is 0.312 e. The van der Waals surface area contributed by atoms with Gasteiger partial charge < -0.3 is 15.8 Å². The Labute approximate surface area is 83.1 Å². The Hall–Kier alpha value is -1.71. The summed E-state index contributed by atoms with van der Waals surface area (Å²) in [6, 6.07) is 7.21. The average molecular weight is 194 g/mol. The molecule has 0 aromatic heterocycles. The number of amides is 2. The Morgan fingerprint density at radius 2 is 2.07 bits per heavy atom. The second kappa shape index (κ2) is 5.11. The van der Waals surface area contributed by atoms with Crippen LogP contribution in [0.15, 0.2) is 24.3 Å². The van der Waals surface area contributed by atoms with E-state index < -0.39 is 6.03 Å². The Morgan fingerprint density at radius 1 is 1.43 bits per heavy atom. The van der Waals surface area contributed by atoms with E-state index in [9.17, 15) is 4.79 Å². The molecule has 0 fully saturated rings. The number of nitrogens with one attached hydrogen (secondary N) is 1. The van der Waals surface area contributed by atoms with Crippen molar-refractivity contribution in [2.24, 2.45) is 5.73 Å². The summed E-state index contributed by atoms with van der Waals surface area (Å²) in [6.45, 7) is 0.557. The van der Waals surface area contributed by atoms with Crippen molar-refractivity contribution in [3.63, 3.8) is 0 Å². The molecule has 3 N–H and O–H groups in total. The van der Waals surface area contributed by atoms with Gasteiger partial charge in [0.15, 0.2) is 0 Å². The van der Waals surface area contributed by atoms with Gasteiger partial charge in [-0.15, -0.1) is 0 Å². The zero-order valence-corrected chi connectivity index (χ0v) is 8.12. The average Bonchev–Trinajstić information content (AvgIpc) is 2.18. The molecule has 0 spiro atoms. The quantitative estimate of drug-likeness (QED) is 0.748. The lowest BCUT2D eigenvalue weighted by atomic mass is 10.1. The van der Waals surface area contributed by atoms with Gasteiger partial charge in [0, 0.05) is 6.54 Å². The molecule has 0 heterocycles. The van der Waals surface area contributed by atoms with Gasteiger partial charge in [0.1, 0.15) is 5.75 Å². The molecular formula is C10H14N2O2. The number of hydrogen-bond donors (Lipinski definition) is 2. The van der Waals surface area contributed by atoms with E-state index in [0.717, 1.165) is 17.7 Å². The highest BCUT2D eigenvalue weighted by molar-refractivity contribution is 5.71. The van der Waals surface area contributed by atoms with Crippen LogP contribution in [0.3, 0.4) is 0 Å². The van der Waals surface area contributed by atoms with Crippen molar-refractivity contribution in [3.8, 4) is 5.75 Å². The van der Waals surface area contributed by atoms with Gasteiger partial charge in [0.05, 0.1) is 7.11 Å². The van der Waals surface area contributed by atoms with Crippen LogP contribution in [0.2, 0.25) is 0 Å². The first-order valence-corrected chi connectivity index (χ1v) is 4.38. The number of methoxy groups -OCH3 is 1. The van der Waals surface area contributed by atoms with E-state index >= 15 is 0 Å². The number of benzene rings is 1. The predicted molar refractivity (Wildman–Crippen MR) is 54.3 cm³/mol. The van der Waals surface area contributed by atoms with E-state index in [2.05, 4.69) is 5.32 Å². The summed E-state index contributed by atoms with van der Waals surface area (Å²) >= 11 is 0. The van der Waals surface area contributed by atoms with Crippen molar-refractivity contribution in [2.75, 3.05) is 13.7 Å². The molecule has 0 aliphatic heterocycles. The molecule has 0 aliphatic rings. The first-order chi connectivity index (χ1) is 6.72. The third kappa shape index (κ3) is 3.35. The number of ether oxygens (including phenoxy) is 1. The predicted octanol–water partition coefficient (Wildman–Crippen LogP) is 0.906. The van der Waals surface area contributed by atoms with Crippen LogP contribution in [0, 0.1) is 0 Å². The van der Waals surface area contributed by atoms with E-state index in [1.165, 1.54) is 0 Å². The maximum atomic E-state index is 10.4. The highest BCUT2D eigenvalue weighted by Gasteiger charge is 1.95.